The number of halogens is 2. The topological polar surface area (TPSA) is 80.5 Å². The van der Waals surface area contributed by atoms with Gasteiger partial charge in [-0.15, -0.1) is 0 Å². The van der Waals surface area contributed by atoms with Crippen LogP contribution in [0.1, 0.15) is 29.6 Å². The van der Waals surface area contributed by atoms with Crippen molar-refractivity contribution in [3.8, 4) is 0 Å². The number of benzene rings is 1. The van der Waals surface area contributed by atoms with E-state index in [0.717, 1.165) is 17.4 Å². The number of rotatable bonds is 2. The summed E-state index contributed by atoms with van der Waals surface area (Å²) in [6, 6.07) is 1.07. The second kappa shape index (κ2) is 4.43. The van der Waals surface area contributed by atoms with Crippen molar-refractivity contribution in [2.45, 2.75) is 19.3 Å². The van der Waals surface area contributed by atoms with Crippen LogP contribution in [0.25, 0.3) is 11.0 Å². The summed E-state index contributed by atoms with van der Waals surface area (Å²) in [7, 11) is 0. The van der Waals surface area contributed by atoms with E-state index in [1.165, 1.54) is 0 Å². The van der Waals surface area contributed by atoms with Crippen LogP contribution >= 0.6 is 0 Å². The van der Waals surface area contributed by atoms with Crippen molar-refractivity contribution >= 4 is 34.8 Å². The zero-order valence-corrected chi connectivity index (χ0v) is 11.8. The molecule has 118 valence electrons. The van der Waals surface area contributed by atoms with Gasteiger partial charge in [0.2, 0.25) is 17.2 Å². The first-order valence-electron chi connectivity index (χ1n) is 7.07. The van der Waals surface area contributed by atoms with Crippen molar-refractivity contribution in [1.82, 2.24) is 5.16 Å². The molecule has 1 aliphatic heterocycles. The van der Waals surface area contributed by atoms with Crippen LogP contribution in [0.5, 0.6) is 0 Å². The third-order valence-electron chi connectivity index (χ3n) is 4.73. The molecule has 1 aromatic carbocycles. The Morgan fingerprint density at radius 2 is 2.00 bits per heavy atom. The molecule has 0 atom stereocenters. The van der Waals surface area contributed by atoms with Gasteiger partial charge in [0.1, 0.15) is 0 Å². The highest BCUT2D eigenvalue weighted by Gasteiger charge is 2.56. The van der Waals surface area contributed by atoms with Gasteiger partial charge in [0, 0.05) is 6.54 Å². The van der Waals surface area contributed by atoms with Gasteiger partial charge in [0.25, 0.3) is 5.91 Å². The maximum atomic E-state index is 13.9. The van der Waals surface area contributed by atoms with Crippen molar-refractivity contribution in [2.24, 2.45) is 5.41 Å². The second-order valence-electron chi connectivity index (χ2n) is 5.95. The molecule has 1 saturated carbocycles. The van der Waals surface area contributed by atoms with Crippen molar-refractivity contribution < 1.29 is 27.7 Å². The van der Waals surface area contributed by atoms with Gasteiger partial charge >= 0.3 is 0 Å². The Morgan fingerprint density at radius 3 is 2.57 bits per heavy atom. The number of hydrogen-bond acceptors (Lipinski definition) is 5. The fourth-order valence-corrected chi connectivity index (χ4v) is 3.26. The summed E-state index contributed by atoms with van der Waals surface area (Å²) >= 11 is 0. The summed E-state index contributed by atoms with van der Waals surface area (Å²) in [4.78, 5) is 36.4. The number of aromatic nitrogens is 1. The molecule has 2 aliphatic rings. The van der Waals surface area contributed by atoms with Crippen molar-refractivity contribution in [2.75, 3.05) is 11.4 Å². The lowest BCUT2D eigenvalue weighted by atomic mass is 9.67. The Kier molecular flexibility index (Phi) is 2.70. The lowest BCUT2D eigenvalue weighted by Crippen LogP contribution is -2.38. The summed E-state index contributed by atoms with van der Waals surface area (Å²) in [5.41, 5.74) is -1.69. The fraction of sp³-hybridized carbons (Fsp3) is 0.333. The van der Waals surface area contributed by atoms with E-state index >= 15 is 0 Å². The molecule has 1 aromatic heterocycles. The van der Waals surface area contributed by atoms with Gasteiger partial charge in [-0.25, -0.2) is 4.39 Å². The summed E-state index contributed by atoms with van der Waals surface area (Å²) in [6.07, 6.45) is 2.26. The van der Waals surface area contributed by atoms with Crippen LogP contribution in [-0.4, -0.2) is 29.7 Å². The molecular weight excluding hydrogens is 310 g/mol. The molecule has 6 nitrogen and oxygen atoms in total. The highest BCUT2D eigenvalue weighted by Crippen LogP contribution is 2.48. The molecule has 4 rings (SSSR count). The van der Waals surface area contributed by atoms with Gasteiger partial charge < -0.3 is 4.52 Å². The predicted molar refractivity (Wildman–Crippen MR) is 73.0 cm³/mol. The molecule has 2 fully saturated rings. The molecule has 1 aliphatic carbocycles. The number of fused-ring (bicyclic) bond motifs is 1. The summed E-state index contributed by atoms with van der Waals surface area (Å²) in [5, 5.41) is 3.61. The van der Waals surface area contributed by atoms with E-state index in [4.69, 9.17) is 4.52 Å². The quantitative estimate of drug-likeness (QED) is 0.624. The summed E-state index contributed by atoms with van der Waals surface area (Å²) < 4.78 is 32.3. The van der Waals surface area contributed by atoms with E-state index < -0.39 is 39.9 Å². The molecule has 0 N–H and O–H groups in total. The summed E-state index contributed by atoms with van der Waals surface area (Å²) in [5.74, 6) is -3.98. The number of Topliss-reactive ketones (excluding diaryl/α,β-unsaturated/α-hetero) is 1. The lowest BCUT2D eigenvalue weighted by Gasteiger charge is -2.34. The minimum Gasteiger partial charge on any atom is -0.351 e. The molecule has 1 amide bonds. The molecule has 2 aromatic rings. The van der Waals surface area contributed by atoms with E-state index in [0.29, 0.717) is 12.8 Å². The minimum atomic E-state index is -1.35. The standard InChI is InChI=1S/C15H10F2N2O4/c16-9-7(5-20)4-8-11(10(9)17)23-18-13(8)19-6-15(2-1-3-15)12(21)14(19)22/h4-5H,1-3,6H2. The Morgan fingerprint density at radius 1 is 1.26 bits per heavy atom. The smallest absolute Gasteiger partial charge is 0.296 e. The predicted octanol–water partition coefficient (Wildman–Crippen LogP) is 2.00. The van der Waals surface area contributed by atoms with Crippen LogP contribution in [0.2, 0.25) is 0 Å². The number of amides is 1. The normalized spacial score (nSPS) is 19.7. The third-order valence-corrected chi connectivity index (χ3v) is 4.73. The zero-order chi connectivity index (χ0) is 16.4. The van der Waals surface area contributed by atoms with Crippen LogP contribution in [-0.2, 0) is 9.59 Å². The van der Waals surface area contributed by atoms with Gasteiger partial charge in [-0.1, -0.05) is 11.6 Å². The second-order valence-corrected chi connectivity index (χ2v) is 5.95. The highest BCUT2D eigenvalue weighted by molar-refractivity contribution is 6.46. The molecular formula is C15H10F2N2O4. The van der Waals surface area contributed by atoms with Gasteiger partial charge in [-0.3, -0.25) is 19.3 Å². The third kappa shape index (κ3) is 1.66. The Hall–Kier alpha value is -2.64. The molecule has 0 radical (unpaired) electrons. The SMILES string of the molecule is O=Cc1cc2c(N3CC4(CCC4)C(=O)C3=O)noc2c(F)c1F. The van der Waals surface area contributed by atoms with Crippen LogP contribution in [0.15, 0.2) is 10.6 Å². The fourth-order valence-electron chi connectivity index (χ4n) is 3.26. The molecule has 23 heavy (non-hydrogen) atoms. The van der Waals surface area contributed by atoms with Crippen molar-refractivity contribution in [3.05, 3.63) is 23.3 Å². The monoisotopic (exact) mass is 320 g/mol. The summed E-state index contributed by atoms with van der Waals surface area (Å²) in [6.45, 7) is 0.141. The van der Waals surface area contributed by atoms with Crippen LogP contribution in [0, 0.1) is 17.0 Å². The average molecular weight is 320 g/mol. The average Bonchev–Trinajstić information content (AvgIpc) is 3.03. The van der Waals surface area contributed by atoms with E-state index in [1.807, 2.05) is 0 Å². The van der Waals surface area contributed by atoms with Gasteiger partial charge in [-0.2, -0.15) is 4.39 Å². The largest absolute Gasteiger partial charge is 0.351 e. The number of nitrogens with zero attached hydrogens (tertiary/aromatic N) is 2. The number of hydrogen-bond donors (Lipinski definition) is 0. The van der Waals surface area contributed by atoms with E-state index in [9.17, 15) is 23.2 Å². The Labute approximate surface area is 128 Å². The molecule has 1 saturated heterocycles. The number of ketones is 1. The van der Waals surface area contributed by atoms with Crippen LogP contribution in [0.4, 0.5) is 14.6 Å². The Balaban J connectivity index is 1.87. The Bertz CT molecular complexity index is 885. The van der Waals surface area contributed by atoms with E-state index in [1.54, 1.807) is 0 Å². The molecule has 2 heterocycles. The first-order chi connectivity index (χ1) is 11.0. The molecule has 0 unspecified atom stereocenters. The van der Waals surface area contributed by atoms with Crippen molar-refractivity contribution in [3.63, 3.8) is 0 Å². The zero-order valence-electron chi connectivity index (χ0n) is 11.8. The van der Waals surface area contributed by atoms with Gasteiger partial charge in [0.05, 0.1) is 16.4 Å². The van der Waals surface area contributed by atoms with Crippen LogP contribution < -0.4 is 4.90 Å². The maximum absolute atomic E-state index is 13.9. The van der Waals surface area contributed by atoms with Gasteiger partial charge in [0.15, 0.2) is 17.9 Å². The van der Waals surface area contributed by atoms with Gasteiger partial charge in [-0.05, 0) is 18.9 Å². The van der Waals surface area contributed by atoms with E-state index in [2.05, 4.69) is 5.16 Å². The minimum absolute atomic E-state index is 0.0106. The maximum Gasteiger partial charge on any atom is 0.296 e. The number of carbonyl (C=O) groups excluding carboxylic acids is 3. The first kappa shape index (κ1) is 14.0. The number of anilines is 1. The van der Waals surface area contributed by atoms with E-state index in [-0.39, 0.29) is 24.0 Å². The number of aldehydes is 1. The molecule has 1 spiro atoms. The first-order valence-corrected chi connectivity index (χ1v) is 7.07. The molecule has 0 bridgehead atoms. The number of carbonyl (C=O) groups is 3. The molecule has 8 heteroatoms. The highest BCUT2D eigenvalue weighted by atomic mass is 19.2. The lowest BCUT2D eigenvalue weighted by molar-refractivity contribution is -0.140. The van der Waals surface area contributed by atoms with Crippen molar-refractivity contribution in [1.29, 1.82) is 0 Å². The van der Waals surface area contributed by atoms with Crippen LogP contribution in [0.3, 0.4) is 0 Å².